The maximum atomic E-state index is 12.8. The van der Waals surface area contributed by atoms with Gasteiger partial charge in [-0.25, -0.2) is 0 Å². The number of rotatable bonds is 2. The van der Waals surface area contributed by atoms with Gasteiger partial charge in [-0.05, 0) is 74.4 Å². The third kappa shape index (κ3) is 3.02. The fourth-order valence-electron chi connectivity index (χ4n) is 4.39. The van der Waals surface area contributed by atoms with Gasteiger partial charge in [-0.15, -0.1) is 0 Å². The number of fused-ring (bicyclic) bond motifs is 1. The van der Waals surface area contributed by atoms with Gasteiger partial charge < -0.3 is 5.32 Å². The van der Waals surface area contributed by atoms with Crippen molar-refractivity contribution in [2.45, 2.75) is 39.5 Å². The minimum absolute atomic E-state index is 0.157. The molecule has 0 radical (unpaired) electrons. The molecule has 2 aromatic rings. The van der Waals surface area contributed by atoms with E-state index < -0.39 is 5.91 Å². The highest BCUT2D eigenvalue weighted by atomic mass is 16.5. The SMILES string of the molecule is Cc1ccc(N(O)C(=O)c2ccc3c(c2)CC[C@@]2(CCNC2=O)C3)c(C)c1. The van der Waals surface area contributed by atoms with Gasteiger partial charge in [-0.2, -0.15) is 5.06 Å². The summed E-state index contributed by atoms with van der Waals surface area (Å²) in [6, 6.07) is 11.1. The average Bonchev–Trinajstić information content (AvgIpc) is 3.00. The molecule has 1 spiro atoms. The number of carbonyl (C=O) groups excluding carboxylic acids is 2. The second-order valence-electron chi connectivity index (χ2n) is 7.85. The highest BCUT2D eigenvalue weighted by Crippen LogP contribution is 2.41. The lowest BCUT2D eigenvalue weighted by molar-refractivity contribution is -0.128. The third-order valence-electron chi connectivity index (χ3n) is 6.00. The van der Waals surface area contributed by atoms with E-state index in [-0.39, 0.29) is 11.3 Å². The normalized spacial score (nSPS) is 21.1. The number of hydrogen-bond donors (Lipinski definition) is 2. The number of benzene rings is 2. The zero-order chi connectivity index (χ0) is 19.2. The highest BCUT2D eigenvalue weighted by Gasteiger charge is 2.44. The van der Waals surface area contributed by atoms with Crippen LogP contribution in [0.1, 0.15) is 45.5 Å². The fraction of sp³-hybridized carbons (Fsp3) is 0.364. The predicted molar refractivity (Wildman–Crippen MR) is 103 cm³/mol. The van der Waals surface area contributed by atoms with Crippen molar-refractivity contribution in [1.29, 1.82) is 0 Å². The van der Waals surface area contributed by atoms with Crippen molar-refractivity contribution >= 4 is 17.5 Å². The van der Waals surface area contributed by atoms with Gasteiger partial charge in [-0.1, -0.05) is 23.8 Å². The lowest BCUT2D eigenvalue weighted by Gasteiger charge is -2.32. The molecule has 1 fully saturated rings. The molecule has 1 aliphatic heterocycles. The molecule has 2 aromatic carbocycles. The molecule has 0 aromatic heterocycles. The molecule has 2 amide bonds. The molecule has 2 N–H and O–H groups in total. The molecule has 1 aliphatic carbocycles. The van der Waals surface area contributed by atoms with Crippen LogP contribution in [-0.4, -0.2) is 23.6 Å². The smallest absolute Gasteiger partial charge is 0.282 e. The van der Waals surface area contributed by atoms with Crippen LogP contribution in [0.3, 0.4) is 0 Å². The largest absolute Gasteiger partial charge is 0.356 e. The number of anilines is 1. The molecule has 27 heavy (non-hydrogen) atoms. The second-order valence-corrected chi connectivity index (χ2v) is 7.85. The van der Waals surface area contributed by atoms with Gasteiger partial charge in [0.15, 0.2) is 0 Å². The van der Waals surface area contributed by atoms with Crippen LogP contribution in [0.5, 0.6) is 0 Å². The Labute approximate surface area is 159 Å². The Bertz CT molecular complexity index is 937. The van der Waals surface area contributed by atoms with Crippen molar-refractivity contribution in [3.8, 4) is 0 Å². The molecule has 1 saturated heterocycles. The maximum Gasteiger partial charge on any atom is 0.282 e. The Morgan fingerprint density at radius 3 is 2.63 bits per heavy atom. The quantitative estimate of drug-likeness (QED) is 0.634. The van der Waals surface area contributed by atoms with E-state index in [1.165, 1.54) is 0 Å². The highest BCUT2D eigenvalue weighted by molar-refractivity contribution is 6.05. The van der Waals surface area contributed by atoms with Gasteiger partial charge >= 0.3 is 0 Å². The summed E-state index contributed by atoms with van der Waals surface area (Å²) in [6.45, 7) is 4.60. The summed E-state index contributed by atoms with van der Waals surface area (Å²) in [5.74, 6) is -0.284. The summed E-state index contributed by atoms with van der Waals surface area (Å²) in [5.41, 5.74) is 4.83. The van der Waals surface area contributed by atoms with Crippen LogP contribution in [0.4, 0.5) is 5.69 Å². The van der Waals surface area contributed by atoms with Crippen LogP contribution in [0.25, 0.3) is 0 Å². The Kier molecular flexibility index (Phi) is 4.27. The molecule has 5 nitrogen and oxygen atoms in total. The molecular formula is C22H24N2O3. The van der Waals surface area contributed by atoms with Crippen molar-refractivity contribution in [3.05, 3.63) is 64.2 Å². The van der Waals surface area contributed by atoms with E-state index in [1.807, 2.05) is 38.1 Å². The molecule has 1 atom stereocenters. The zero-order valence-electron chi connectivity index (χ0n) is 15.7. The summed E-state index contributed by atoms with van der Waals surface area (Å²) in [5, 5.41) is 14.1. The van der Waals surface area contributed by atoms with E-state index >= 15 is 0 Å². The first kappa shape index (κ1) is 17.7. The van der Waals surface area contributed by atoms with Gasteiger partial charge in [0.1, 0.15) is 0 Å². The van der Waals surface area contributed by atoms with E-state index in [0.29, 0.717) is 11.3 Å². The van der Waals surface area contributed by atoms with E-state index in [2.05, 4.69) is 5.32 Å². The number of amides is 2. The average molecular weight is 364 g/mol. The zero-order valence-corrected chi connectivity index (χ0v) is 15.7. The van der Waals surface area contributed by atoms with Gasteiger partial charge in [0.25, 0.3) is 5.91 Å². The first-order valence-electron chi connectivity index (χ1n) is 9.40. The van der Waals surface area contributed by atoms with Crippen molar-refractivity contribution in [1.82, 2.24) is 5.32 Å². The van der Waals surface area contributed by atoms with E-state index in [1.54, 1.807) is 12.1 Å². The molecule has 4 rings (SSSR count). The number of nitrogens with zero attached hydrogens (tertiary/aromatic N) is 1. The van der Waals surface area contributed by atoms with Crippen molar-refractivity contribution in [3.63, 3.8) is 0 Å². The van der Waals surface area contributed by atoms with E-state index in [9.17, 15) is 14.8 Å². The predicted octanol–water partition coefficient (Wildman–Crippen LogP) is 3.33. The summed E-state index contributed by atoms with van der Waals surface area (Å²) in [7, 11) is 0. The van der Waals surface area contributed by atoms with Crippen molar-refractivity contribution in [2.24, 2.45) is 5.41 Å². The van der Waals surface area contributed by atoms with Crippen LogP contribution < -0.4 is 10.4 Å². The lowest BCUT2D eigenvalue weighted by Crippen LogP contribution is -2.36. The van der Waals surface area contributed by atoms with E-state index in [0.717, 1.165) is 59.5 Å². The number of hydrogen-bond acceptors (Lipinski definition) is 3. The van der Waals surface area contributed by atoms with Gasteiger partial charge in [0, 0.05) is 12.1 Å². The molecule has 1 heterocycles. The molecule has 0 saturated carbocycles. The topological polar surface area (TPSA) is 69.6 Å². The Balaban J connectivity index is 1.59. The minimum atomic E-state index is -0.441. The summed E-state index contributed by atoms with van der Waals surface area (Å²) in [6.07, 6.45) is 3.19. The van der Waals surface area contributed by atoms with Crippen LogP contribution in [0, 0.1) is 19.3 Å². The minimum Gasteiger partial charge on any atom is -0.356 e. The second kappa shape index (κ2) is 6.50. The summed E-state index contributed by atoms with van der Waals surface area (Å²) >= 11 is 0. The Hall–Kier alpha value is -2.66. The Morgan fingerprint density at radius 2 is 1.93 bits per heavy atom. The van der Waals surface area contributed by atoms with Crippen molar-refractivity contribution < 1.29 is 14.8 Å². The lowest BCUT2D eigenvalue weighted by atomic mass is 9.70. The monoisotopic (exact) mass is 364 g/mol. The molecule has 2 aliphatic rings. The van der Waals surface area contributed by atoms with Crippen LogP contribution in [-0.2, 0) is 17.6 Å². The fourth-order valence-corrected chi connectivity index (χ4v) is 4.39. The third-order valence-corrected chi connectivity index (χ3v) is 6.00. The number of carbonyl (C=O) groups is 2. The van der Waals surface area contributed by atoms with Crippen LogP contribution >= 0.6 is 0 Å². The maximum absolute atomic E-state index is 12.8. The first-order chi connectivity index (χ1) is 12.9. The standard InChI is InChI=1S/C22H24N2O3/c1-14-3-6-19(15(2)11-14)24(27)20(25)17-4-5-18-13-22(8-7-16(18)12-17)9-10-23-21(22)26/h3-6,11-12,27H,7-10,13H2,1-2H3,(H,23,26)/t22-/m1/s1. The summed E-state index contributed by atoms with van der Waals surface area (Å²) < 4.78 is 0. The van der Waals surface area contributed by atoms with Crippen LogP contribution in [0.2, 0.25) is 0 Å². The molecule has 0 unspecified atom stereocenters. The molecule has 0 bridgehead atoms. The number of hydroxylamine groups is 1. The Morgan fingerprint density at radius 1 is 1.11 bits per heavy atom. The molecular weight excluding hydrogens is 340 g/mol. The van der Waals surface area contributed by atoms with Gasteiger partial charge in [0.2, 0.25) is 5.91 Å². The number of nitrogens with one attached hydrogen (secondary N) is 1. The van der Waals surface area contributed by atoms with Gasteiger partial charge in [0.05, 0.1) is 11.1 Å². The number of aryl methyl sites for hydroxylation is 3. The first-order valence-corrected chi connectivity index (χ1v) is 9.40. The van der Waals surface area contributed by atoms with E-state index in [4.69, 9.17) is 0 Å². The van der Waals surface area contributed by atoms with Crippen LogP contribution in [0.15, 0.2) is 36.4 Å². The molecule has 140 valence electrons. The van der Waals surface area contributed by atoms with Crippen molar-refractivity contribution in [2.75, 3.05) is 11.6 Å². The summed E-state index contributed by atoms with van der Waals surface area (Å²) in [4.78, 5) is 25.0. The van der Waals surface area contributed by atoms with Gasteiger partial charge in [-0.3, -0.25) is 14.8 Å². The molecule has 5 heteroatoms.